The van der Waals surface area contributed by atoms with E-state index in [0.29, 0.717) is 6.42 Å². The zero-order chi connectivity index (χ0) is 9.52. The van der Waals surface area contributed by atoms with Crippen LogP contribution in [0.1, 0.15) is 12.0 Å². The number of ketones is 1. The highest BCUT2D eigenvalue weighted by Gasteiger charge is 1.89. The molecule has 13 heavy (non-hydrogen) atoms. The molecule has 0 unspecified atom stereocenters. The lowest BCUT2D eigenvalue weighted by atomic mass is 10.2. The first-order valence-corrected chi connectivity index (χ1v) is 4.04. The Morgan fingerprint density at radius 3 is 2.69 bits per heavy atom. The van der Waals surface area contributed by atoms with Gasteiger partial charge in [0.15, 0.2) is 0 Å². The second kappa shape index (κ2) is 4.95. The van der Waals surface area contributed by atoms with Gasteiger partial charge in [-0.1, -0.05) is 42.5 Å². The highest BCUT2D eigenvalue weighted by molar-refractivity contribution is 5.96. The lowest BCUT2D eigenvalue weighted by Gasteiger charge is -1.89. The normalized spacial score (nSPS) is 9.77. The highest BCUT2D eigenvalue weighted by Crippen LogP contribution is 2.01. The maximum Gasteiger partial charge on any atom is 0.208 e. The van der Waals surface area contributed by atoms with Crippen LogP contribution >= 0.6 is 0 Å². The minimum atomic E-state index is -0.188. The average Bonchev–Trinajstić information content (AvgIpc) is 2.19. The quantitative estimate of drug-likeness (QED) is 0.502. The van der Waals surface area contributed by atoms with E-state index in [9.17, 15) is 4.79 Å². The molecule has 0 saturated heterocycles. The third-order valence-electron chi connectivity index (χ3n) is 1.57. The summed E-state index contributed by atoms with van der Waals surface area (Å²) in [6, 6.07) is 9.78. The largest absolute Gasteiger partial charge is 0.285 e. The molecule has 0 aliphatic rings. The fourth-order valence-corrected chi connectivity index (χ4v) is 0.925. The number of rotatable bonds is 3. The summed E-state index contributed by atoms with van der Waals surface area (Å²) in [5.74, 6) is 1.87. The van der Waals surface area contributed by atoms with Crippen LogP contribution < -0.4 is 0 Å². The fourth-order valence-electron chi connectivity index (χ4n) is 0.925. The molecule has 1 nitrogen and oxygen atoms in total. The topological polar surface area (TPSA) is 17.1 Å². The van der Waals surface area contributed by atoms with Crippen LogP contribution in [0.5, 0.6) is 0 Å². The molecule has 0 spiro atoms. The standard InChI is InChI=1S/C12H10O/c1-2-12(13)10-6-9-11-7-4-3-5-8-11/h1,3-9H,10H2/b9-6+. The van der Waals surface area contributed by atoms with Crippen LogP contribution in [0.15, 0.2) is 36.4 Å². The molecule has 0 atom stereocenters. The van der Waals surface area contributed by atoms with Gasteiger partial charge in [-0.3, -0.25) is 4.79 Å². The van der Waals surface area contributed by atoms with Crippen molar-refractivity contribution in [1.82, 2.24) is 0 Å². The van der Waals surface area contributed by atoms with Gasteiger partial charge in [0.05, 0.1) is 0 Å². The van der Waals surface area contributed by atoms with E-state index in [1.807, 2.05) is 36.4 Å². The summed E-state index contributed by atoms with van der Waals surface area (Å²) >= 11 is 0. The summed E-state index contributed by atoms with van der Waals surface area (Å²) in [7, 11) is 0. The second-order valence-electron chi connectivity index (χ2n) is 2.58. The molecule has 64 valence electrons. The van der Waals surface area contributed by atoms with Crippen LogP contribution in [0.25, 0.3) is 6.08 Å². The van der Waals surface area contributed by atoms with Crippen LogP contribution in [0.2, 0.25) is 0 Å². The van der Waals surface area contributed by atoms with Gasteiger partial charge in [-0.2, -0.15) is 0 Å². The van der Waals surface area contributed by atoms with Crippen LogP contribution in [0, 0.1) is 12.3 Å². The van der Waals surface area contributed by atoms with Crippen molar-refractivity contribution in [2.75, 3.05) is 0 Å². The number of terminal acetylenes is 1. The van der Waals surface area contributed by atoms with Gasteiger partial charge in [0.25, 0.3) is 0 Å². The Bertz CT molecular complexity index is 341. The Morgan fingerprint density at radius 1 is 1.38 bits per heavy atom. The van der Waals surface area contributed by atoms with Crippen LogP contribution in [0.4, 0.5) is 0 Å². The van der Waals surface area contributed by atoms with Crippen LogP contribution in [0.3, 0.4) is 0 Å². The first-order chi connectivity index (χ1) is 6.33. The molecule has 1 aromatic carbocycles. The molecule has 0 N–H and O–H groups in total. The van der Waals surface area contributed by atoms with E-state index in [-0.39, 0.29) is 5.78 Å². The number of hydrogen-bond donors (Lipinski definition) is 0. The Balaban J connectivity index is 2.51. The zero-order valence-electron chi connectivity index (χ0n) is 7.23. The molecule has 0 bridgehead atoms. The van der Waals surface area contributed by atoms with Gasteiger partial charge >= 0.3 is 0 Å². The Labute approximate surface area is 78.1 Å². The summed E-state index contributed by atoms with van der Waals surface area (Å²) in [6.45, 7) is 0. The number of hydrogen-bond acceptors (Lipinski definition) is 1. The molecule has 0 saturated carbocycles. The van der Waals surface area contributed by atoms with Crippen molar-refractivity contribution in [3.8, 4) is 12.3 Å². The van der Waals surface area contributed by atoms with Crippen molar-refractivity contribution >= 4 is 11.9 Å². The van der Waals surface area contributed by atoms with E-state index >= 15 is 0 Å². The lowest BCUT2D eigenvalue weighted by Crippen LogP contribution is -1.87. The van der Waals surface area contributed by atoms with Crippen LogP contribution in [-0.4, -0.2) is 5.78 Å². The molecule has 0 aromatic heterocycles. The molecule has 1 aromatic rings. The minimum absolute atomic E-state index is 0.188. The van der Waals surface area contributed by atoms with Crippen molar-refractivity contribution < 1.29 is 4.79 Å². The lowest BCUT2D eigenvalue weighted by molar-refractivity contribution is -0.113. The first-order valence-electron chi connectivity index (χ1n) is 4.04. The molecule has 0 fully saturated rings. The number of carbonyl (C=O) groups excluding carboxylic acids is 1. The van der Waals surface area contributed by atoms with E-state index in [2.05, 4.69) is 5.92 Å². The monoisotopic (exact) mass is 170 g/mol. The molecule has 0 heterocycles. The third kappa shape index (κ3) is 3.39. The van der Waals surface area contributed by atoms with Crippen molar-refractivity contribution in [2.45, 2.75) is 6.42 Å². The van der Waals surface area contributed by atoms with E-state index in [4.69, 9.17) is 6.42 Å². The van der Waals surface area contributed by atoms with E-state index in [1.54, 1.807) is 6.08 Å². The maximum atomic E-state index is 10.7. The Morgan fingerprint density at radius 2 is 2.08 bits per heavy atom. The second-order valence-corrected chi connectivity index (χ2v) is 2.58. The summed E-state index contributed by atoms with van der Waals surface area (Å²) in [5.41, 5.74) is 1.08. The number of allylic oxidation sites excluding steroid dienone is 1. The zero-order valence-corrected chi connectivity index (χ0v) is 7.23. The highest BCUT2D eigenvalue weighted by atomic mass is 16.1. The molecule has 1 rings (SSSR count). The Hall–Kier alpha value is -1.81. The van der Waals surface area contributed by atoms with E-state index in [1.165, 1.54) is 0 Å². The van der Waals surface area contributed by atoms with Gasteiger partial charge in [-0.15, -0.1) is 6.42 Å². The smallest absolute Gasteiger partial charge is 0.208 e. The van der Waals surface area contributed by atoms with Crippen molar-refractivity contribution in [3.05, 3.63) is 42.0 Å². The molecule has 0 aliphatic carbocycles. The maximum absolute atomic E-state index is 10.7. The van der Waals surface area contributed by atoms with Gasteiger partial charge in [0.2, 0.25) is 5.78 Å². The fraction of sp³-hybridized carbons (Fsp3) is 0.0833. The van der Waals surface area contributed by atoms with E-state index in [0.717, 1.165) is 5.56 Å². The van der Waals surface area contributed by atoms with Crippen LogP contribution in [-0.2, 0) is 4.79 Å². The molecule has 0 radical (unpaired) electrons. The van der Waals surface area contributed by atoms with Gasteiger partial charge in [-0.05, 0) is 11.5 Å². The minimum Gasteiger partial charge on any atom is -0.285 e. The molecular weight excluding hydrogens is 160 g/mol. The molecule has 0 amide bonds. The SMILES string of the molecule is C#CC(=O)C/C=C/c1ccccc1. The number of benzene rings is 1. The number of Topliss-reactive ketones (excluding diaryl/α,β-unsaturated/α-hetero) is 1. The van der Waals surface area contributed by atoms with Crippen molar-refractivity contribution in [2.24, 2.45) is 0 Å². The van der Waals surface area contributed by atoms with Gasteiger partial charge in [0.1, 0.15) is 0 Å². The first kappa shape index (κ1) is 9.28. The van der Waals surface area contributed by atoms with Crippen molar-refractivity contribution in [1.29, 1.82) is 0 Å². The molecule has 0 aliphatic heterocycles. The summed E-state index contributed by atoms with van der Waals surface area (Å²) in [5, 5.41) is 0. The van der Waals surface area contributed by atoms with Gasteiger partial charge < -0.3 is 0 Å². The van der Waals surface area contributed by atoms with Gasteiger partial charge in [0, 0.05) is 6.42 Å². The predicted octanol–water partition coefficient (Wildman–Crippen LogP) is 2.29. The third-order valence-corrected chi connectivity index (χ3v) is 1.57. The van der Waals surface area contributed by atoms with E-state index < -0.39 is 0 Å². The summed E-state index contributed by atoms with van der Waals surface area (Å²) in [4.78, 5) is 10.7. The molecule has 1 heteroatoms. The van der Waals surface area contributed by atoms with Gasteiger partial charge in [-0.25, -0.2) is 0 Å². The summed E-state index contributed by atoms with van der Waals surface area (Å²) in [6.07, 6.45) is 8.89. The Kier molecular flexibility index (Phi) is 3.53. The summed E-state index contributed by atoms with van der Waals surface area (Å²) < 4.78 is 0. The molecular formula is C12H10O. The number of carbonyl (C=O) groups is 1. The average molecular weight is 170 g/mol. The predicted molar refractivity (Wildman–Crippen MR) is 53.9 cm³/mol. The van der Waals surface area contributed by atoms with Crippen molar-refractivity contribution in [3.63, 3.8) is 0 Å².